The highest BCUT2D eigenvalue weighted by molar-refractivity contribution is 5.36. The van der Waals surface area contributed by atoms with Crippen molar-refractivity contribution in [1.82, 2.24) is 4.98 Å². The van der Waals surface area contributed by atoms with Crippen molar-refractivity contribution in [2.45, 2.75) is 6.18 Å². The molecule has 1 heterocycles. The first kappa shape index (κ1) is 16.0. The summed E-state index contributed by atoms with van der Waals surface area (Å²) in [5, 5.41) is 2.72. The molecule has 1 aromatic heterocycles. The number of pyridine rings is 1. The molecule has 0 saturated heterocycles. The van der Waals surface area contributed by atoms with E-state index in [1.807, 2.05) is 0 Å². The molecule has 0 radical (unpaired) electrons. The first-order chi connectivity index (χ1) is 10.4. The summed E-state index contributed by atoms with van der Waals surface area (Å²) in [6, 6.07) is 4.99. The fraction of sp³-hybridized carbons (Fsp3) is 0.214. The lowest BCUT2D eigenvalue weighted by Gasteiger charge is -2.10. The van der Waals surface area contributed by atoms with E-state index >= 15 is 0 Å². The molecule has 0 bridgehead atoms. The molecular weight excluding hydrogens is 307 g/mol. The third-order valence-corrected chi connectivity index (χ3v) is 2.65. The Labute approximate surface area is 122 Å². The van der Waals surface area contributed by atoms with Crippen molar-refractivity contribution in [3.05, 3.63) is 53.7 Å². The first-order valence-corrected chi connectivity index (χ1v) is 6.21. The Morgan fingerprint density at radius 1 is 1.09 bits per heavy atom. The number of benzene rings is 1. The van der Waals surface area contributed by atoms with Crippen molar-refractivity contribution in [3.63, 3.8) is 0 Å². The Hall–Kier alpha value is -2.38. The van der Waals surface area contributed by atoms with Gasteiger partial charge in [0.25, 0.3) is 0 Å². The standard InChI is InChI=1S/C14H11F5N2O/c15-10-2-3-12(11(16)7-10)22-6-5-20-13-4-1-9(8-21-13)14(17,18)19/h1-4,7-8H,5-6H2,(H,20,21). The zero-order valence-electron chi connectivity index (χ0n) is 11.1. The minimum Gasteiger partial charge on any atom is -0.489 e. The molecule has 8 heteroatoms. The van der Waals surface area contributed by atoms with Crippen molar-refractivity contribution in [2.24, 2.45) is 0 Å². The monoisotopic (exact) mass is 318 g/mol. The van der Waals surface area contributed by atoms with Crippen LogP contribution in [0.4, 0.5) is 27.8 Å². The lowest BCUT2D eigenvalue weighted by Crippen LogP contribution is -2.13. The Morgan fingerprint density at radius 3 is 2.45 bits per heavy atom. The van der Waals surface area contributed by atoms with E-state index in [2.05, 4.69) is 10.3 Å². The van der Waals surface area contributed by atoms with E-state index in [-0.39, 0.29) is 24.7 Å². The summed E-state index contributed by atoms with van der Waals surface area (Å²) in [4.78, 5) is 3.61. The fourth-order valence-electron chi connectivity index (χ4n) is 1.60. The summed E-state index contributed by atoms with van der Waals surface area (Å²) in [5.74, 6) is -1.41. The van der Waals surface area contributed by atoms with Crippen LogP contribution in [-0.4, -0.2) is 18.1 Å². The molecule has 0 aliphatic rings. The highest BCUT2D eigenvalue weighted by Gasteiger charge is 2.30. The van der Waals surface area contributed by atoms with Gasteiger partial charge in [-0.05, 0) is 24.3 Å². The maximum Gasteiger partial charge on any atom is 0.417 e. The van der Waals surface area contributed by atoms with Gasteiger partial charge in [0.05, 0.1) is 12.1 Å². The van der Waals surface area contributed by atoms with E-state index in [9.17, 15) is 22.0 Å². The van der Waals surface area contributed by atoms with E-state index < -0.39 is 23.4 Å². The second kappa shape index (κ2) is 6.59. The maximum absolute atomic E-state index is 13.3. The van der Waals surface area contributed by atoms with Gasteiger partial charge in [-0.2, -0.15) is 13.2 Å². The maximum atomic E-state index is 13.3. The Morgan fingerprint density at radius 2 is 1.86 bits per heavy atom. The summed E-state index contributed by atoms with van der Waals surface area (Å²) < 4.78 is 68.0. The van der Waals surface area contributed by atoms with Crippen molar-refractivity contribution in [2.75, 3.05) is 18.5 Å². The number of rotatable bonds is 5. The molecule has 118 valence electrons. The van der Waals surface area contributed by atoms with Crippen LogP contribution in [0.2, 0.25) is 0 Å². The molecule has 0 aliphatic heterocycles. The molecule has 0 fully saturated rings. The summed E-state index contributed by atoms with van der Waals surface area (Å²) in [5.41, 5.74) is -0.845. The number of hydrogen-bond acceptors (Lipinski definition) is 3. The van der Waals surface area contributed by atoms with Crippen LogP contribution in [0.3, 0.4) is 0 Å². The van der Waals surface area contributed by atoms with Gasteiger partial charge in [0, 0.05) is 12.3 Å². The minimum atomic E-state index is -4.44. The molecule has 1 N–H and O–H groups in total. The number of hydrogen-bond donors (Lipinski definition) is 1. The average molecular weight is 318 g/mol. The highest BCUT2D eigenvalue weighted by atomic mass is 19.4. The summed E-state index contributed by atoms with van der Waals surface area (Å²) >= 11 is 0. The normalized spacial score (nSPS) is 11.3. The van der Waals surface area contributed by atoms with Crippen LogP contribution in [0, 0.1) is 11.6 Å². The number of aromatic nitrogens is 1. The molecule has 3 nitrogen and oxygen atoms in total. The lowest BCUT2D eigenvalue weighted by atomic mass is 10.3. The second-order valence-corrected chi connectivity index (χ2v) is 4.28. The second-order valence-electron chi connectivity index (χ2n) is 4.28. The van der Waals surface area contributed by atoms with Gasteiger partial charge in [0.2, 0.25) is 0 Å². The van der Waals surface area contributed by atoms with Crippen LogP contribution in [0.1, 0.15) is 5.56 Å². The van der Waals surface area contributed by atoms with E-state index in [4.69, 9.17) is 4.74 Å². The molecule has 2 rings (SSSR count). The molecule has 0 unspecified atom stereocenters. The fourth-order valence-corrected chi connectivity index (χ4v) is 1.60. The highest BCUT2D eigenvalue weighted by Crippen LogP contribution is 2.28. The van der Waals surface area contributed by atoms with Crippen LogP contribution in [0.5, 0.6) is 5.75 Å². The predicted molar refractivity (Wildman–Crippen MR) is 69.6 cm³/mol. The Kier molecular flexibility index (Phi) is 4.79. The topological polar surface area (TPSA) is 34.1 Å². The molecule has 0 aliphatic carbocycles. The molecule has 22 heavy (non-hydrogen) atoms. The van der Waals surface area contributed by atoms with E-state index in [1.165, 1.54) is 6.07 Å². The zero-order chi connectivity index (χ0) is 16.2. The third-order valence-electron chi connectivity index (χ3n) is 2.65. The van der Waals surface area contributed by atoms with Crippen molar-refractivity contribution in [1.29, 1.82) is 0 Å². The smallest absolute Gasteiger partial charge is 0.417 e. The number of anilines is 1. The molecule has 0 spiro atoms. The van der Waals surface area contributed by atoms with Crippen molar-refractivity contribution in [3.8, 4) is 5.75 Å². The van der Waals surface area contributed by atoms with E-state index in [1.54, 1.807) is 0 Å². The van der Waals surface area contributed by atoms with Crippen molar-refractivity contribution >= 4 is 5.82 Å². The van der Waals surface area contributed by atoms with Crippen molar-refractivity contribution < 1.29 is 26.7 Å². The van der Waals surface area contributed by atoms with Gasteiger partial charge in [0.15, 0.2) is 11.6 Å². The third kappa shape index (κ3) is 4.31. The first-order valence-electron chi connectivity index (χ1n) is 6.21. The number of alkyl halides is 3. The molecule has 0 atom stereocenters. The number of halogens is 5. The van der Waals surface area contributed by atoms with Crippen LogP contribution in [0.25, 0.3) is 0 Å². The van der Waals surface area contributed by atoms with Gasteiger partial charge in [-0.1, -0.05) is 0 Å². The minimum absolute atomic E-state index is 0.0330. The van der Waals surface area contributed by atoms with E-state index in [0.29, 0.717) is 12.3 Å². The summed E-state index contributed by atoms with van der Waals surface area (Å²) in [6.45, 7) is 0.223. The molecule has 0 saturated carbocycles. The Bertz CT molecular complexity index is 628. The molecule has 2 aromatic rings. The van der Waals surface area contributed by atoms with E-state index in [0.717, 1.165) is 18.2 Å². The SMILES string of the molecule is Fc1ccc(OCCNc2ccc(C(F)(F)F)cn2)c(F)c1. The number of ether oxygens (including phenoxy) is 1. The van der Waals surface area contributed by atoms with Gasteiger partial charge in [-0.25, -0.2) is 13.8 Å². The molecular formula is C14H11F5N2O. The van der Waals surface area contributed by atoms with Gasteiger partial charge in [-0.3, -0.25) is 0 Å². The zero-order valence-corrected chi connectivity index (χ0v) is 11.1. The van der Waals surface area contributed by atoms with Gasteiger partial charge in [0.1, 0.15) is 18.2 Å². The van der Waals surface area contributed by atoms with Crippen LogP contribution in [-0.2, 0) is 6.18 Å². The molecule has 0 amide bonds. The summed E-state index contributed by atoms with van der Waals surface area (Å²) in [7, 11) is 0. The van der Waals surface area contributed by atoms with Crippen LogP contribution in [0.15, 0.2) is 36.5 Å². The largest absolute Gasteiger partial charge is 0.489 e. The van der Waals surface area contributed by atoms with Crippen LogP contribution >= 0.6 is 0 Å². The molecule has 1 aromatic carbocycles. The lowest BCUT2D eigenvalue weighted by molar-refractivity contribution is -0.137. The quantitative estimate of drug-likeness (QED) is 0.671. The predicted octanol–water partition coefficient (Wildman–Crippen LogP) is 3.87. The van der Waals surface area contributed by atoms with Gasteiger partial charge < -0.3 is 10.1 Å². The van der Waals surface area contributed by atoms with Gasteiger partial charge >= 0.3 is 6.18 Å². The Balaban J connectivity index is 1.81. The average Bonchev–Trinajstić information content (AvgIpc) is 2.45. The van der Waals surface area contributed by atoms with Gasteiger partial charge in [-0.15, -0.1) is 0 Å². The number of nitrogens with one attached hydrogen (secondary N) is 1. The van der Waals surface area contributed by atoms with Crippen LogP contribution < -0.4 is 10.1 Å². The number of nitrogens with zero attached hydrogens (tertiary/aromatic N) is 1. The summed E-state index contributed by atoms with van der Waals surface area (Å²) in [6.07, 6.45) is -3.72.